The average molecular weight is 308 g/mol. The molecule has 0 unspecified atom stereocenters. The van der Waals surface area contributed by atoms with Gasteiger partial charge in [-0.1, -0.05) is 31.5 Å². The van der Waals surface area contributed by atoms with E-state index in [4.69, 9.17) is 11.6 Å². The molecule has 0 radical (unpaired) electrons. The van der Waals surface area contributed by atoms with Gasteiger partial charge in [-0.25, -0.2) is 14.4 Å². The summed E-state index contributed by atoms with van der Waals surface area (Å²) in [5.41, 5.74) is 2.69. The van der Waals surface area contributed by atoms with Gasteiger partial charge in [0, 0.05) is 29.7 Å². The van der Waals surface area contributed by atoms with E-state index in [1.54, 1.807) is 6.07 Å². The lowest BCUT2D eigenvalue weighted by Crippen LogP contribution is -2.23. The minimum atomic E-state index is -0.337. The van der Waals surface area contributed by atoms with Crippen molar-refractivity contribution in [3.8, 4) is 0 Å². The summed E-state index contributed by atoms with van der Waals surface area (Å²) in [5.74, 6) is 0.361. The average Bonchev–Trinajstić information content (AvgIpc) is 2.39. The van der Waals surface area contributed by atoms with Crippen molar-refractivity contribution in [1.29, 1.82) is 0 Å². The first-order valence-electron chi connectivity index (χ1n) is 6.95. The zero-order valence-electron chi connectivity index (χ0n) is 12.5. The molecule has 0 aliphatic rings. The first kappa shape index (κ1) is 15.9. The molecule has 0 aliphatic heterocycles. The molecule has 0 atom stereocenters. The van der Waals surface area contributed by atoms with Crippen LogP contribution in [-0.4, -0.2) is 16.0 Å². The van der Waals surface area contributed by atoms with Crippen LogP contribution < -0.4 is 5.32 Å². The molecule has 112 valence electrons. The Labute approximate surface area is 129 Å². The lowest BCUT2D eigenvalue weighted by Gasteiger charge is -2.10. The molecule has 2 rings (SSSR count). The van der Waals surface area contributed by atoms with Gasteiger partial charge in [0.25, 0.3) is 0 Å². The zero-order chi connectivity index (χ0) is 15.4. The maximum Gasteiger partial charge on any atom is 0.133 e. The molecule has 3 nitrogen and oxygen atoms in total. The Hall–Kier alpha value is -1.52. The van der Waals surface area contributed by atoms with E-state index in [0.29, 0.717) is 29.9 Å². The second kappa shape index (κ2) is 6.96. The highest BCUT2D eigenvalue weighted by atomic mass is 35.5. The highest BCUT2D eigenvalue weighted by Crippen LogP contribution is 2.19. The first-order valence-corrected chi connectivity index (χ1v) is 7.32. The number of aryl methyl sites for hydroxylation is 1. The quantitative estimate of drug-likeness (QED) is 0.916. The number of rotatable bonds is 5. The third-order valence-corrected chi connectivity index (χ3v) is 3.36. The van der Waals surface area contributed by atoms with Gasteiger partial charge in [-0.15, -0.1) is 0 Å². The van der Waals surface area contributed by atoms with Crippen LogP contribution in [0.4, 0.5) is 4.39 Å². The second-order valence-electron chi connectivity index (χ2n) is 5.37. The highest BCUT2D eigenvalue weighted by Gasteiger charge is 2.08. The molecule has 2 aromatic rings. The Bertz CT molecular complexity index is 629. The van der Waals surface area contributed by atoms with Crippen molar-refractivity contribution in [3.05, 3.63) is 57.9 Å². The van der Waals surface area contributed by atoms with Crippen LogP contribution in [0.15, 0.2) is 24.3 Å². The summed E-state index contributed by atoms with van der Waals surface area (Å²) < 4.78 is 13.1. The number of nitrogens with zero attached hydrogens (tertiary/aromatic N) is 2. The summed E-state index contributed by atoms with van der Waals surface area (Å²) in [6.07, 6.45) is 0.496. The van der Waals surface area contributed by atoms with Crippen LogP contribution in [-0.2, 0) is 13.0 Å². The van der Waals surface area contributed by atoms with Gasteiger partial charge in [0.1, 0.15) is 11.6 Å². The number of hydrogen-bond donors (Lipinski definition) is 1. The lowest BCUT2D eigenvalue weighted by atomic mass is 10.1. The van der Waals surface area contributed by atoms with E-state index in [0.717, 1.165) is 17.0 Å². The molecule has 1 N–H and O–H groups in total. The van der Waals surface area contributed by atoms with Crippen molar-refractivity contribution < 1.29 is 4.39 Å². The predicted octanol–water partition coefficient (Wildman–Crippen LogP) is 3.67. The van der Waals surface area contributed by atoms with Gasteiger partial charge in [0.2, 0.25) is 0 Å². The Morgan fingerprint density at radius 2 is 2.00 bits per heavy atom. The van der Waals surface area contributed by atoms with Crippen molar-refractivity contribution >= 4 is 11.6 Å². The molecule has 1 heterocycles. The summed E-state index contributed by atoms with van der Waals surface area (Å²) in [6.45, 7) is 6.82. The topological polar surface area (TPSA) is 37.8 Å². The number of nitrogens with one attached hydrogen (secondary N) is 1. The van der Waals surface area contributed by atoms with E-state index in [9.17, 15) is 4.39 Å². The fourth-order valence-corrected chi connectivity index (χ4v) is 2.25. The van der Waals surface area contributed by atoms with Crippen LogP contribution in [0.1, 0.15) is 36.6 Å². The number of aromatic nitrogens is 2. The Balaban J connectivity index is 2.19. The molecule has 0 spiro atoms. The molecule has 0 bridgehead atoms. The smallest absolute Gasteiger partial charge is 0.133 e. The molecular weight excluding hydrogens is 289 g/mol. The summed E-state index contributed by atoms with van der Waals surface area (Å²) >= 11 is 6.05. The number of hydrogen-bond acceptors (Lipinski definition) is 3. The van der Waals surface area contributed by atoms with Crippen LogP contribution in [0.5, 0.6) is 0 Å². The monoisotopic (exact) mass is 307 g/mol. The standard InChI is InChI=1S/C16H19ClFN3/c1-10(2)19-9-14-6-11(3)20-16(21-14)7-12-4-5-13(18)8-15(12)17/h4-6,8,10,19H,7,9H2,1-3H3. The van der Waals surface area contributed by atoms with Crippen LogP contribution in [0.25, 0.3) is 0 Å². The van der Waals surface area contributed by atoms with E-state index in [2.05, 4.69) is 29.1 Å². The maximum absolute atomic E-state index is 13.1. The Morgan fingerprint density at radius 1 is 1.24 bits per heavy atom. The van der Waals surface area contributed by atoms with E-state index in [1.165, 1.54) is 12.1 Å². The van der Waals surface area contributed by atoms with Gasteiger partial charge in [0.15, 0.2) is 0 Å². The summed E-state index contributed by atoms with van der Waals surface area (Å²) in [5, 5.41) is 3.74. The van der Waals surface area contributed by atoms with Crippen molar-refractivity contribution in [2.45, 2.75) is 39.8 Å². The van der Waals surface area contributed by atoms with Gasteiger partial charge in [-0.3, -0.25) is 0 Å². The third-order valence-electron chi connectivity index (χ3n) is 3.01. The van der Waals surface area contributed by atoms with Crippen LogP contribution >= 0.6 is 11.6 Å². The zero-order valence-corrected chi connectivity index (χ0v) is 13.2. The third kappa shape index (κ3) is 4.76. The van der Waals surface area contributed by atoms with E-state index >= 15 is 0 Å². The Kier molecular flexibility index (Phi) is 5.26. The molecule has 5 heteroatoms. The van der Waals surface area contributed by atoms with Gasteiger partial charge in [-0.05, 0) is 30.7 Å². The lowest BCUT2D eigenvalue weighted by molar-refractivity contribution is 0.578. The SMILES string of the molecule is Cc1cc(CNC(C)C)nc(Cc2ccc(F)cc2Cl)n1. The molecular formula is C16H19ClFN3. The summed E-state index contributed by atoms with van der Waals surface area (Å²) in [7, 11) is 0. The van der Waals surface area contributed by atoms with Crippen molar-refractivity contribution in [2.24, 2.45) is 0 Å². The van der Waals surface area contributed by atoms with Crippen molar-refractivity contribution in [2.75, 3.05) is 0 Å². The van der Waals surface area contributed by atoms with Gasteiger partial charge >= 0.3 is 0 Å². The summed E-state index contributed by atoms with van der Waals surface area (Å²) in [6, 6.07) is 6.75. The molecule has 0 fully saturated rings. The van der Waals surface area contributed by atoms with E-state index < -0.39 is 0 Å². The van der Waals surface area contributed by atoms with E-state index in [1.807, 2.05) is 13.0 Å². The fourth-order valence-electron chi connectivity index (χ4n) is 2.01. The molecule has 1 aromatic heterocycles. The first-order chi connectivity index (χ1) is 9.94. The molecule has 1 aromatic carbocycles. The molecule has 0 saturated heterocycles. The van der Waals surface area contributed by atoms with Crippen molar-refractivity contribution in [1.82, 2.24) is 15.3 Å². The minimum absolute atomic E-state index is 0.337. The summed E-state index contributed by atoms with van der Waals surface area (Å²) in [4.78, 5) is 8.97. The fraction of sp³-hybridized carbons (Fsp3) is 0.375. The largest absolute Gasteiger partial charge is 0.309 e. The number of halogens is 2. The molecule has 21 heavy (non-hydrogen) atoms. The molecule has 0 saturated carbocycles. The van der Waals surface area contributed by atoms with Crippen LogP contribution in [0, 0.1) is 12.7 Å². The van der Waals surface area contributed by atoms with Gasteiger partial charge in [0.05, 0.1) is 5.69 Å². The maximum atomic E-state index is 13.1. The van der Waals surface area contributed by atoms with Crippen LogP contribution in [0.3, 0.4) is 0 Å². The minimum Gasteiger partial charge on any atom is -0.309 e. The second-order valence-corrected chi connectivity index (χ2v) is 5.77. The Morgan fingerprint density at radius 3 is 2.67 bits per heavy atom. The highest BCUT2D eigenvalue weighted by molar-refractivity contribution is 6.31. The normalized spacial score (nSPS) is 11.1. The van der Waals surface area contributed by atoms with Gasteiger partial charge in [-0.2, -0.15) is 0 Å². The predicted molar refractivity (Wildman–Crippen MR) is 83.0 cm³/mol. The van der Waals surface area contributed by atoms with Crippen molar-refractivity contribution in [3.63, 3.8) is 0 Å². The van der Waals surface area contributed by atoms with Gasteiger partial charge < -0.3 is 5.32 Å². The molecule has 0 aliphatic carbocycles. The van der Waals surface area contributed by atoms with E-state index in [-0.39, 0.29) is 5.82 Å². The molecule has 0 amide bonds. The van der Waals surface area contributed by atoms with Crippen LogP contribution in [0.2, 0.25) is 5.02 Å². The number of benzene rings is 1.